The van der Waals surface area contributed by atoms with Crippen LogP contribution in [0.15, 0.2) is 0 Å². The maximum atomic E-state index is 9.71. The van der Waals surface area contributed by atoms with Crippen molar-refractivity contribution in [3.05, 3.63) is 0 Å². The second kappa shape index (κ2) is 34.0. The van der Waals surface area contributed by atoms with Gasteiger partial charge in [0.2, 0.25) is 0 Å². The number of carboxylic acids is 2. The first-order valence-corrected chi connectivity index (χ1v) is 18.1. The van der Waals surface area contributed by atoms with E-state index in [0.29, 0.717) is 26.2 Å². The number of hydrogen-bond donors (Lipinski definition) is 5. The van der Waals surface area contributed by atoms with Gasteiger partial charge in [-0.1, -0.05) is 129 Å². The molecule has 0 saturated carbocycles. The predicted octanol–water partition coefficient (Wildman–Crippen LogP) is 6.03. The molecule has 0 aromatic heterocycles. The third-order valence-corrected chi connectivity index (χ3v) is 7.94. The van der Waals surface area contributed by atoms with Crippen molar-refractivity contribution in [2.75, 3.05) is 26.2 Å². The van der Waals surface area contributed by atoms with Gasteiger partial charge < -0.3 is 25.5 Å². The molecule has 0 aliphatic carbocycles. The molecule has 0 rings (SSSR count). The Bertz CT molecular complexity index is 613. The van der Waals surface area contributed by atoms with Crippen molar-refractivity contribution in [3.8, 4) is 0 Å². The molecular weight excluding hydrogens is 578 g/mol. The van der Waals surface area contributed by atoms with Crippen LogP contribution in [0.25, 0.3) is 0 Å². The molecule has 0 aliphatic rings. The fourth-order valence-corrected chi connectivity index (χ4v) is 4.64. The Hall–Kier alpha value is -1.34. The summed E-state index contributed by atoms with van der Waals surface area (Å²) in [6.07, 6.45) is 27.7. The highest BCUT2D eigenvalue weighted by Gasteiger charge is 2.18. The van der Waals surface area contributed by atoms with Crippen molar-refractivity contribution in [1.82, 2.24) is 0 Å². The van der Waals surface area contributed by atoms with E-state index in [9.17, 15) is 40.6 Å². The summed E-state index contributed by atoms with van der Waals surface area (Å²) in [7, 11) is 0. The van der Waals surface area contributed by atoms with Crippen molar-refractivity contribution < 1.29 is 50.3 Å². The fraction of sp³-hybridized carbons (Fsp3) is 0.941. The average molecular weight is 652 g/mol. The molecule has 45 heavy (non-hydrogen) atoms. The Labute approximate surface area is 275 Å². The standard InChI is InChI=1S/2C15H34NO2.C4H7NO4/c2*1-3-5-6-7-8-9-10-11-12-13-14-15-16(17,18)4-2;5-2(4(8)9)1-3(6)7/h2*17-18H,3-15H2,1-2H3;2H,1,5H2,(H,6,7)(H,8,9)/q2*+1;/p-2. The molecule has 11 nitrogen and oxygen atoms in total. The molecular formula is C34H73N3O8. The minimum absolute atomic E-state index is 0.373. The predicted molar refractivity (Wildman–Crippen MR) is 174 cm³/mol. The lowest BCUT2D eigenvalue weighted by Gasteiger charge is -2.18. The normalized spacial score (nSPS) is 12.1. The topological polar surface area (TPSA) is 187 Å². The zero-order valence-electron chi connectivity index (χ0n) is 29.6. The quantitative estimate of drug-likeness (QED) is 0.0366. The first kappa shape index (κ1) is 48.1. The van der Waals surface area contributed by atoms with Crippen LogP contribution in [0, 0.1) is 0 Å². The smallest absolute Gasteiger partial charge is 0.142 e. The van der Waals surface area contributed by atoms with E-state index in [2.05, 4.69) is 13.8 Å². The van der Waals surface area contributed by atoms with Crippen LogP contribution in [-0.2, 0) is 9.59 Å². The second-order valence-electron chi connectivity index (χ2n) is 12.4. The van der Waals surface area contributed by atoms with Gasteiger partial charge in [-0.3, -0.25) is 0 Å². The molecule has 0 fully saturated rings. The summed E-state index contributed by atoms with van der Waals surface area (Å²) in [5.41, 5.74) is 4.73. The monoisotopic (exact) mass is 652 g/mol. The summed E-state index contributed by atoms with van der Waals surface area (Å²) in [6.45, 7) is 9.77. The zero-order valence-corrected chi connectivity index (χ0v) is 29.6. The molecule has 0 bridgehead atoms. The molecule has 0 amide bonds. The van der Waals surface area contributed by atoms with E-state index < -0.39 is 34.0 Å². The van der Waals surface area contributed by atoms with Crippen LogP contribution in [0.1, 0.15) is 175 Å². The molecule has 0 heterocycles. The van der Waals surface area contributed by atoms with Crippen molar-refractivity contribution in [3.63, 3.8) is 0 Å². The molecule has 0 aromatic rings. The number of nitrogens with zero attached hydrogens (tertiary/aromatic N) is 2. The van der Waals surface area contributed by atoms with Gasteiger partial charge in [-0.15, -0.1) is 0 Å². The number of carbonyl (C=O) groups is 2. The number of nitrogens with two attached hydrogens (primary N) is 1. The number of hydrogen-bond acceptors (Lipinski definition) is 9. The number of hydroxylamine groups is 8. The highest BCUT2D eigenvalue weighted by molar-refractivity contribution is 5.77. The lowest BCUT2D eigenvalue weighted by atomic mass is 10.1. The Balaban J connectivity index is -0.000000622. The number of aliphatic carboxylic acids is 2. The van der Waals surface area contributed by atoms with Crippen LogP contribution < -0.4 is 15.9 Å². The molecule has 272 valence electrons. The van der Waals surface area contributed by atoms with Crippen LogP contribution in [0.2, 0.25) is 0 Å². The van der Waals surface area contributed by atoms with E-state index in [0.717, 1.165) is 25.7 Å². The van der Waals surface area contributed by atoms with Gasteiger partial charge in [-0.25, -0.2) is 0 Å². The number of unbranched alkanes of at least 4 members (excludes halogenated alkanes) is 20. The van der Waals surface area contributed by atoms with E-state index >= 15 is 0 Å². The molecule has 11 heteroatoms. The largest absolute Gasteiger partial charge is 0.550 e. The van der Waals surface area contributed by atoms with Gasteiger partial charge in [0.05, 0.1) is 5.97 Å². The Morgan fingerprint density at radius 3 is 0.933 bits per heavy atom. The highest BCUT2D eigenvalue weighted by Crippen LogP contribution is 2.13. The maximum absolute atomic E-state index is 9.71. The van der Waals surface area contributed by atoms with Crippen molar-refractivity contribution in [2.45, 2.75) is 181 Å². The lowest BCUT2D eigenvalue weighted by Crippen LogP contribution is -2.45. The van der Waals surface area contributed by atoms with Crippen LogP contribution in [-0.4, -0.2) is 74.6 Å². The summed E-state index contributed by atoms with van der Waals surface area (Å²) in [6, 6.07) is -1.46. The van der Waals surface area contributed by atoms with Gasteiger partial charge in [0.1, 0.15) is 26.2 Å². The molecule has 0 radical (unpaired) electrons. The first-order chi connectivity index (χ1) is 21.3. The van der Waals surface area contributed by atoms with Crippen molar-refractivity contribution in [2.24, 2.45) is 5.73 Å². The minimum atomic E-state index is -1.58. The summed E-state index contributed by atoms with van der Waals surface area (Å²) in [4.78, 5) is 17.7. The van der Waals surface area contributed by atoms with Crippen LogP contribution in [0.4, 0.5) is 0 Å². The lowest BCUT2D eigenvalue weighted by molar-refractivity contribution is -1.24. The van der Waals surface area contributed by atoms with E-state index in [1.807, 2.05) is 0 Å². The average Bonchev–Trinajstić information content (AvgIpc) is 2.99. The van der Waals surface area contributed by atoms with Gasteiger partial charge in [0, 0.05) is 31.3 Å². The molecule has 0 spiro atoms. The Kier molecular flexibility index (Phi) is 36.3. The third-order valence-electron chi connectivity index (χ3n) is 7.94. The van der Waals surface area contributed by atoms with Gasteiger partial charge in [-0.2, -0.15) is 20.8 Å². The molecule has 6 N–H and O–H groups in total. The van der Waals surface area contributed by atoms with Crippen LogP contribution in [0.5, 0.6) is 0 Å². The van der Waals surface area contributed by atoms with Crippen LogP contribution >= 0.6 is 0 Å². The van der Waals surface area contributed by atoms with Gasteiger partial charge in [0.25, 0.3) is 0 Å². The summed E-state index contributed by atoms with van der Waals surface area (Å²) >= 11 is 0. The first-order valence-electron chi connectivity index (χ1n) is 18.1. The molecule has 0 aromatic carbocycles. The van der Waals surface area contributed by atoms with E-state index in [4.69, 9.17) is 5.73 Å². The Morgan fingerprint density at radius 1 is 0.511 bits per heavy atom. The Morgan fingerprint density at radius 2 is 0.756 bits per heavy atom. The van der Waals surface area contributed by atoms with Gasteiger partial charge in [-0.05, 0) is 36.3 Å². The zero-order chi connectivity index (χ0) is 34.8. The number of carboxylic acid groups (broad SMARTS) is 2. The van der Waals surface area contributed by atoms with Crippen molar-refractivity contribution in [1.29, 1.82) is 0 Å². The molecule has 1 unspecified atom stereocenters. The summed E-state index contributed by atoms with van der Waals surface area (Å²) in [5, 5.41) is 56.8. The van der Waals surface area contributed by atoms with E-state index in [-0.39, 0.29) is 0 Å². The van der Waals surface area contributed by atoms with E-state index in [1.165, 1.54) is 116 Å². The van der Waals surface area contributed by atoms with Gasteiger partial charge in [0.15, 0.2) is 0 Å². The van der Waals surface area contributed by atoms with Crippen LogP contribution in [0.3, 0.4) is 0 Å². The molecule has 1 atom stereocenters. The molecule has 0 saturated heterocycles. The maximum Gasteiger partial charge on any atom is 0.142 e. The SMILES string of the molecule is CCCCCCCCCCCCC[N+](O)(O)CC.CCCCCCCCCCCCC[N+](O)(O)CC.NC(CC(=O)[O-])C(=O)[O-]. The second-order valence-corrected chi connectivity index (χ2v) is 12.4. The summed E-state index contributed by atoms with van der Waals surface area (Å²) in [5.74, 6) is -3.08. The summed E-state index contributed by atoms with van der Waals surface area (Å²) < 4.78 is 0. The molecule has 0 aliphatic heterocycles. The number of carbonyl (C=O) groups excluding carboxylic acids is 2. The number of rotatable bonds is 29. The third kappa shape index (κ3) is 42.7. The van der Waals surface area contributed by atoms with Crippen molar-refractivity contribution >= 4 is 11.9 Å². The van der Waals surface area contributed by atoms with Gasteiger partial charge >= 0.3 is 0 Å². The minimum Gasteiger partial charge on any atom is -0.550 e. The van der Waals surface area contributed by atoms with E-state index in [1.54, 1.807) is 13.8 Å². The highest BCUT2D eigenvalue weighted by atomic mass is 16.8. The number of quaternary nitrogens is 2. The fourth-order valence-electron chi connectivity index (χ4n) is 4.64.